The van der Waals surface area contributed by atoms with Crippen molar-refractivity contribution in [3.05, 3.63) is 83.0 Å². The second-order valence-electron chi connectivity index (χ2n) is 5.97. The Hall–Kier alpha value is -3.21. The van der Waals surface area contributed by atoms with Crippen LogP contribution in [0.5, 0.6) is 0 Å². The van der Waals surface area contributed by atoms with Crippen molar-refractivity contribution in [2.45, 2.75) is 20.4 Å². The quantitative estimate of drug-likeness (QED) is 0.746. The van der Waals surface area contributed by atoms with Crippen molar-refractivity contribution in [3.8, 4) is 0 Å². The number of anilines is 2. The molecule has 0 aliphatic heterocycles. The molecule has 3 rings (SSSR count). The van der Waals surface area contributed by atoms with E-state index in [0.29, 0.717) is 18.1 Å². The molecular formula is C20H20N4O. The third-order valence-corrected chi connectivity index (χ3v) is 3.69. The Labute approximate surface area is 147 Å². The van der Waals surface area contributed by atoms with Crippen LogP contribution < -0.4 is 10.6 Å². The van der Waals surface area contributed by atoms with E-state index in [2.05, 4.69) is 26.9 Å². The Morgan fingerprint density at radius 2 is 1.64 bits per heavy atom. The topological polar surface area (TPSA) is 66.9 Å². The molecule has 0 unspecified atom stereocenters. The lowest BCUT2D eigenvalue weighted by Gasteiger charge is -2.08. The highest BCUT2D eigenvalue weighted by molar-refractivity contribution is 5.92. The van der Waals surface area contributed by atoms with Gasteiger partial charge in [0.25, 0.3) is 5.91 Å². The van der Waals surface area contributed by atoms with Gasteiger partial charge >= 0.3 is 0 Å². The summed E-state index contributed by atoms with van der Waals surface area (Å²) in [4.78, 5) is 12.1. The van der Waals surface area contributed by atoms with Gasteiger partial charge in [-0.1, -0.05) is 36.4 Å². The van der Waals surface area contributed by atoms with Crippen LogP contribution >= 0.6 is 0 Å². The molecule has 1 amide bonds. The maximum absolute atomic E-state index is 12.1. The first-order chi connectivity index (χ1) is 12.1. The van der Waals surface area contributed by atoms with Crippen molar-refractivity contribution in [2.75, 3.05) is 5.32 Å². The van der Waals surface area contributed by atoms with E-state index < -0.39 is 0 Å². The maximum atomic E-state index is 12.1. The van der Waals surface area contributed by atoms with E-state index in [1.807, 2.05) is 56.3 Å². The molecule has 0 spiro atoms. The molecule has 5 nitrogen and oxygen atoms in total. The zero-order valence-electron chi connectivity index (χ0n) is 14.3. The molecule has 0 aliphatic carbocycles. The fourth-order valence-electron chi connectivity index (χ4n) is 2.58. The molecule has 3 aromatic rings. The number of rotatable bonds is 5. The predicted octanol–water partition coefficient (Wildman–Crippen LogP) is 3.77. The van der Waals surface area contributed by atoms with Gasteiger partial charge in [0, 0.05) is 12.2 Å². The van der Waals surface area contributed by atoms with Crippen molar-refractivity contribution in [2.24, 2.45) is 0 Å². The van der Waals surface area contributed by atoms with Crippen molar-refractivity contribution in [1.82, 2.24) is 15.5 Å². The molecule has 126 valence electrons. The Bertz CT molecular complexity index is 840. The molecule has 0 atom stereocenters. The number of nitrogens with one attached hydrogen (secondary N) is 2. The van der Waals surface area contributed by atoms with Gasteiger partial charge in [0.1, 0.15) is 0 Å². The molecule has 0 fully saturated rings. The van der Waals surface area contributed by atoms with Crippen LogP contribution in [0.15, 0.2) is 60.7 Å². The summed E-state index contributed by atoms with van der Waals surface area (Å²) in [6, 6.07) is 19.3. The molecule has 25 heavy (non-hydrogen) atoms. The zero-order valence-corrected chi connectivity index (χ0v) is 14.3. The molecule has 2 N–H and O–H groups in total. The van der Waals surface area contributed by atoms with E-state index >= 15 is 0 Å². The Morgan fingerprint density at radius 1 is 0.920 bits per heavy atom. The number of aryl methyl sites for hydroxylation is 2. The minimum absolute atomic E-state index is 0.241. The summed E-state index contributed by atoms with van der Waals surface area (Å²) in [7, 11) is 0. The standard InChI is InChI=1S/C20H20N4O/c1-14-10-15(2)12-17(11-14)22-19-9-8-18(23-24-19)20(25)21-13-16-6-4-3-5-7-16/h3-12H,13H2,1-2H3,(H,21,25)(H,22,24). The number of carbonyl (C=O) groups excluding carboxylic acids is 1. The van der Waals surface area contributed by atoms with Gasteiger partial charge in [-0.05, 0) is 54.8 Å². The van der Waals surface area contributed by atoms with E-state index in [1.54, 1.807) is 12.1 Å². The number of benzene rings is 2. The van der Waals surface area contributed by atoms with Gasteiger partial charge in [-0.25, -0.2) is 0 Å². The first-order valence-corrected chi connectivity index (χ1v) is 8.11. The fraction of sp³-hybridized carbons (Fsp3) is 0.150. The van der Waals surface area contributed by atoms with Gasteiger partial charge in [-0.3, -0.25) is 4.79 Å². The van der Waals surface area contributed by atoms with Gasteiger partial charge in [0.15, 0.2) is 11.5 Å². The third kappa shape index (κ3) is 4.64. The molecule has 0 bridgehead atoms. The summed E-state index contributed by atoms with van der Waals surface area (Å²) in [6.45, 7) is 4.55. The van der Waals surface area contributed by atoms with Crippen LogP contribution in [-0.4, -0.2) is 16.1 Å². The van der Waals surface area contributed by atoms with Crippen LogP contribution in [0.4, 0.5) is 11.5 Å². The van der Waals surface area contributed by atoms with E-state index in [4.69, 9.17) is 0 Å². The molecular weight excluding hydrogens is 312 g/mol. The second kappa shape index (κ2) is 7.57. The van der Waals surface area contributed by atoms with Crippen molar-refractivity contribution in [1.29, 1.82) is 0 Å². The van der Waals surface area contributed by atoms with Crippen molar-refractivity contribution >= 4 is 17.4 Å². The van der Waals surface area contributed by atoms with Crippen LogP contribution in [0.25, 0.3) is 0 Å². The summed E-state index contributed by atoms with van der Waals surface area (Å²) in [6.07, 6.45) is 0. The van der Waals surface area contributed by atoms with Gasteiger partial charge in [0.05, 0.1) is 0 Å². The van der Waals surface area contributed by atoms with Crippen LogP contribution in [0.1, 0.15) is 27.2 Å². The molecule has 0 saturated heterocycles. The molecule has 2 aromatic carbocycles. The first kappa shape index (κ1) is 16.6. The third-order valence-electron chi connectivity index (χ3n) is 3.69. The van der Waals surface area contributed by atoms with Crippen molar-refractivity contribution in [3.63, 3.8) is 0 Å². The highest BCUT2D eigenvalue weighted by Crippen LogP contribution is 2.17. The van der Waals surface area contributed by atoms with Gasteiger partial charge in [-0.2, -0.15) is 0 Å². The number of carbonyl (C=O) groups is 1. The lowest BCUT2D eigenvalue weighted by molar-refractivity contribution is 0.0945. The number of aromatic nitrogens is 2. The SMILES string of the molecule is Cc1cc(C)cc(Nc2ccc(C(=O)NCc3ccccc3)nn2)c1. The number of hydrogen-bond donors (Lipinski definition) is 2. The monoisotopic (exact) mass is 332 g/mol. The van der Waals surface area contributed by atoms with Crippen LogP contribution in [0.2, 0.25) is 0 Å². The molecule has 0 saturated carbocycles. The van der Waals surface area contributed by atoms with Crippen LogP contribution in [0, 0.1) is 13.8 Å². The Kier molecular flexibility index (Phi) is 5.04. The normalized spacial score (nSPS) is 10.3. The lowest BCUT2D eigenvalue weighted by Crippen LogP contribution is -2.24. The smallest absolute Gasteiger partial charge is 0.272 e. The molecule has 1 aromatic heterocycles. The lowest BCUT2D eigenvalue weighted by atomic mass is 10.1. The summed E-state index contributed by atoms with van der Waals surface area (Å²) in [5, 5.41) is 14.1. The van der Waals surface area contributed by atoms with E-state index in [1.165, 1.54) is 11.1 Å². The first-order valence-electron chi connectivity index (χ1n) is 8.11. The summed E-state index contributed by atoms with van der Waals surface area (Å²) in [5.41, 5.74) is 4.63. The second-order valence-corrected chi connectivity index (χ2v) is 5.97. The summed E-state index contributed by atoms with van der Waals surface area (Å²) < 4.78 is 0. The average molecular weight is 332 g/mol. The zero-order chi connectivity index (χ0) is 17.6. The van der Waals surface area contributed by atoms with Crippen LogP contribution in [-0.2, 0) is 6.54 Å². The molecule has 0 radical (unpaired) electrons. The Balaban J connectivity index is 1.62. The molecule has 0 aliphatic rings. The van der Waals surface area contributed by atoms with E-state index in [9.17, 15) is 4.79 Å². The largest absolute Gasteiger partial charge is 0.347 e. The number of hydrogen-bond acceptors (Lipinski definition) is 4. The minimum atomic E-state index is -0.241. The van der Waals surface area contributed by atoms with Crippen molar-refractivity contribution < 1.29 is 4.79 Å². The van der Waals surface area contributed by atoms with Gasteiger partial charge < -0.3 is 10.6 Å². The minimum Gasteiger partial charge on any atom is -0.347 e. The Morgan fingerprint density at radius 3 is 2.28 bits per heavy atom. The van der Waals surface area contributed by atoms with E-state index in [0.717, 1.165) is 11.3 Å². The number of amides is 1. The van der Waals surface area contributed by atoms with E-state index in [-0.39, 0.29) is 5.91 Å². The summed E-state index contributed by atoms with van der Waals surface area (Å²) >= 11 is 0. The highest BCUT2D eigenvalue weighted by Gasteiger charge is 2.08. The predicted molar refractivity (Wildman–Crippen MR) is 98.8 cm³/mol. The van der Waals surface area contributed by atoms with Crippen LogP contribution in [0.3, 0.4) is 0 Å². The number of nitrogens with zero attached hydrogens (tertiary/aromatic N) is 2. The fourth-order valence-corrected chi connectivity index (χ4v) is 2.58. The van der Waals surface area contributed by atoms with Gasteiger partial charge in [0.2, 0.25) is 0 Å². The molecule has 5 heteroatoms. The molecule has 1 heterocycles. The average Bonchev–Trinajstić information content (AvgIpc) is 2.60. The maximum Gasteiger partial charge on any atom is 0.272 e. The van der Waals surface area contributed by atoms with Gasteiger partial charge in [-0.15, -0.1) is 10.2 Å². The highest BCUT2D eigenvalue weighted by atomic mass is 16.1. The summed E-state index contributed by atoms with van der Waals surface area (Å²) in [5.74, 6) is 0.360.